The summed E-state index contributed by atoms with van der Waals surface area (Å²) in [4.78, 5) is 2.47. The van der Waals surface area contributed by atoms with E-state index in [-0.39, 0.29) is 17.9 Å². The highest BCUT2D eigenvalue weighted by Gasteiger charge is 2.36. The Balaban J connectivity index is 1.53. The second-order valence-electron chi connectivity index (χ2n) is 8.81. The fraction of sp³-hybridized carbons (Fsp3) is 0.462. The van der Waals surface area contributed by atoms with E-state index in [1.165, 1.54) is 37.0 Å². The van der Waals surface area contributed by atoms with Gasteiger partial charge in [-0.1, -0.05) is 43.5 Å². The third-order valence-corrected chi connectivity index (χ3v) is 6.56. The molecule has 0 amide bonds. The number of likely N-dealkylation sites (tertiary alicyclic amines) is 1. The average molecular weight is 453 g/mol. The van der Waals surface area contributed by atoms with Crippen LogP contribution < -0.4 is 4.74 Å². The van der Waals surface area contributed by atoms with Gasteiger partial charge in [-0.2, -0.15) is 0 Å². The number of piperidine rings is 1. The van der Waals surface area contributed by atoms with Gasteiger partial charge in [0.05, 0.1) is 25.5 Å². The molecule has 7 heteroatoms. The van der Waals surface area contributed by atoms with Crippen LogP contribution in [0, 0.1) is 5.82 Å². The summed E-state index contributed by atoms with van der Waals surface area (Å²) >= 11 is 0. The van der Waals surface area contributed by atoms with E-state index in [4.69, 9.17) is 4.74 Å². The summed E-state index contributed by atoms with van der Waals surface area (Å²) in [5.74, 6) is 0.551. The standard InChI is InChI=1S/C26H33FN4O2/c1-3-4-5-6-15-30-18-25(26(32)16-24(30)20-9-13-22(33-2)14-10-20)31-17-23(28-29-31)19-7-11-21(27)12-8-19/h7-14,17,24-26,32H,3-6,15-16,18H2,1-2H3/t24-,25+,26+/m1/s1. The summed E-state index contributed by atoms with van der Waals surface area (Å²) in [5.41, 5.74) is 2.67. The number of ether oxygens (including phenoxy) is 1. The lowest BCUT2D eigenvalue weighted by molar-refractivity contribution is -0.00775. The number of hydrogen-bond acceptors (Lipinski definition) is 5. The second kappa shape index (κ2) is 10.9. The van der Waals surface area contributed by atoms with Crippen molar-refractivity contribution < 1.29 is 14.2 Å². The average Bonchev–Trinajstić information content (AvgIpc) is 3.33. The first kappa shape index (κ1) is 23.4. The monoisotopic (exact) mass is 452 g/mol. The number of hydrogen-bond donors (Lipinski definition) is 1. The van der Waals surface area contributed by atoms with Crippen molar-refractivity contribution in [2.45, 2.75) is 57.2 Å². The molecule has 3 aromatic rings. The number of halogens is 1. The maximum Gasteiger partial charge on any atom is 0.123 e. The van der Waals surface area contributed by atoms with Gasteiger partial charge in [0.25, 0.3) is 0 Å². The Hall–Kier alpha value is -2.77. The van der Waals surface area contributed by atoms with Gasteiger partial charge in [0.15, 0.2) is 0 Å². The Kier molecular flexibility index (Phi) is 7.73. The predicted octanol–water partition coefficient (Wildman–Crippen LogP) is 5.02. The van der Waals surface area contributed by atoms with E-state index in [9.17, 15) is 9.50 Å². The van der Waals surface area contributed by atoms with Crippen molar-refractivity contribution in [2.24, 2.45) is 0 Å². The van der Waals surface area contributed by atoms with Crippen molar-refractivity contribution >= 4 is 0 Å². The van der Waals surface area contributed by atoms with Gasteiger partial charge in [0.1, 0.15) is 17.3 Å². The fourth-order valence-electron chi connectivity index (χ4n) is 4.64. The maximum absolute atomic E-state index is 13.3. The molecule has 0 aliphatic carbocycles. The number of rotatable bonds is 9. The Bertz CT molecular complexity index is 1010. The lowest BCUT2D eigenvalue weighted by Crippen LogP contribution is -2.46. The molecule has 0 bridgehead atoms. The van der Waals surface area contributed by atoms with E-state index >= 15 is 0 Å². The zero-order valence-electron chi connectivity index (χ0n) is 19.4. The van der Waals surface area contributed by atoms with Crippen LogP contribution in [0.1, 0.15) is 56.7 Å². The largest absolute Gasteiger partial charge is 0.497 e. The minimum atomic E-state index is -0.549. The molecule has 0 unspecified atom stereocenters. The van der Waals surface area contributed by atoms with Gasteiger partial charge in [-0.25, -0.2) is 9.07 Å². The van der Waals surface area contributed by atoms with Gasteiger partial charge in [-0.15, -0.1) is 5.10 Å². The van der Waals surface area contributed by atoms with Gasteiger partial charge in [0.2, 0.25) is 0 Å². The summed E-state index contributed by atoms with van der Waals surface area (Å²) in [5, 5.41) is 19.7. The normalized spacial score (nSPS) is 21.3. The lowest BCUT2D eigenvalue weighted by atomic mass is 9.90. The van der Waals surface area contributed by atoms with Gasteiger partial charge in [0, 0.05) is 18.2 Å². The minimum absolute atomic E-state index is 0.142. The molecular weight excluding hydrogens is 419 g/mol. The number of nitrogens with zero attached hydrogens (tertiary/aromatic N) is 4. The first-order valence-corrected chi connectivity index (χ1v) is 11.8. The molecule has 1 N–H and O–H groups in total. The molecule has 4 rings (SSSR count). The highest BCUT2D eigenvalue weighted by molar-refractivity contribution is 5.57. The van der Waals surface area contributed by atoms with E-state index < -0.39 is 6.10 Å². The van der Waals surface area contributed by atoms with E-state index in [1.807, 2.05) is 18.3 Å². The molecule has 1 aliphatic rings. The summed E-state index contributed by atoms with van der Waals surface area (Å²) in [6, 6.07) is 14.3. The Morgan fingerprint density at radius 2 is 1.82 bits per heavy atom. The summed E-state index contributed by atoms with van der Waals surface area (Å²) in [6.07, 6.45) is 6.69. The topological polar surface area (TPSA) is 63.4 Å². The molecule has 2 aromatic carbocycles. The summed E-state index contributed by atoms with van der Waals surface area (Å²) in [6.45, 7) is 3.88. The Labute approximate surface area is 195 Å². The van der Waals surface area contributed by atoms with Crippen molar-refractivity contribution in [3.63, 3.8) is 0 Å². The molecule has 1 aliphatic heterocycles. The molecule has 1 aromatic heterocycles. The molecule has 1 saturated heterocycles. The Morgan fingerprint density at radius 3 is 2.52 bits per heavy atom. The molecule has 2 heterocycles. The molecular formula is C26H33FN4O2. The molecule has 0 spiro atoms. The number of aromatic nitrogens is 3. The van der Waals surface area contributed by atoms with Crippen LogP contribution in [0.5, 0.6) is 5.75 Å². The second-order valence-corrected chi connectivity index (χ2v) is 8.81. The van der Waals surface area contributed by atoms with Crippen LogP contribution in [0.15, 0.2) is 54.7 Å². The van der Waals surface area contributed by atoms with Crippen LogP contribution in [-0.4, -0.2) is 51.3 Å². The van der Waals surface area contributed by atoms with E-state index in [0.29, 0.717) is 18.7 Å². The van der Waals surface area contributed by atoms with Gasteiger partial charge in [-0.3, -0.25) is 4.90 Å². The van der Waals surface area contributed by atoms with Crippen LogP contribution in [0.4, 0.5) is 4.39 Å². The number of aliphatic hydroxyl groups excluding tert-OH is 1. The van der Waals surface area contributed by atoms with Crippen molar-refractivity contribution in [3.05, 3.63) is 66.1 Å². The van der Waals surface area contributed by atoms with Crippen molar-refractivity contribution in [1.82, 2.24) is 19.9 Å². The Morgan fingerprint density at radius 1 is 1.06 bits per heavy atom. The van der Waals surface area contributed by atoms with Crippen LogP contribution in [0.25, 0.3) is 11.3 Å². The van der Waals surface area contributed by atoms with E-state index in [2.05, 4.69) is 34.3 Å². The van der Waals surface area contributed by atoms with Gasteiger partial charge >= 0.3 is 0 Å². The number of benzene rings is 2. The van der Waals surface area contributed by atoms with Crippen molar-refractivity contribution in [2.75, 3.05) is 20.2 Å². The molecule has 1 fully saturated rings. The predicted molar refractivity (Wildman–Crippen MR) is 127 cm³/mol. The molecule has 33 heavy (non-hydrogen) atoms. The molecule has 6 nitrogen and oxygen atoms in total. The smallest absolute Gasteiger partial charge is 0.123 e. The van der Waals surface area contributed by atoms with Crippen LogP contribution >= 0.6 is 0 Å². The van der Waals surface area contributed by atoms with Gasteiger partial charge in [-0.05, 0) is 61.3 Å². The highest BCUT2D eigenvalue weighted by atomic mass is 19.1. The quantitative estimate of drug-likeness (QED) is 0.462. The lowest BCUT2D eigenvalue weighted by Gasteiger charge is -2.42. The molecule has 0 saturated carbocycles. The zero-order chi connectivity index (χ0) is 23.2. The molecule has 3 atom stereocenters. The third kappa shape index (κ3) is 5.60. The maximum atomic E-state index is 13.3. The first-order valence-electron chi connectivity index (χ1n) is 11.8. The van der Waals surface area contributed by atoms with Gasteiger partial charge < -0.3 is 9.84 Å². The van der Waals surface area contributed by atoms with E-state index in [0.717, 1.165) is 24.3 Å². The van der Waals surface area contributed by atoms with Crippen LogP contribution in [-0.2, 0) is 0 Å². The third-order valence-electron chi connectivity index (χ3n) is 6.56. The van der Waals surface area contributed by atoms with Crippen molar-refractivity contribution in [3.8, 4) is 17.0 Å². The SMILES string of the molecule is CCCCCCN1C[C@H](n2cc(-c3ccc(F)cc3)nn2)[C@@H](O)C[C@@H]1c1ccc(OC)cc1. The number of aliphatic hydroxyl groups is 1. The minimum Gasteiger partial charge on any atom is -0.497 e. The van der Waals surface area contributed by atoms with Crippen LogP contribution in [0.2, 0.25) is 0 Å². The first-order chi connectivity index (χ1) is 16.1. The molecule has 0 radical (unpaired) electrons. The summed E-state index contributed by atoms with van der Waals surface area (Å²) in [7, 11) is 1.67. The fourth-order valence-corrected chi connectivity index (χ4v) is 4.64. The number of methoxy groups -OCH3 is 1. The zero-order valence-corrected chi connectivity index (χ0v) is 19.4. The van der Waals surface area contributed by atoms with E-state index in [1.54, 1.807) is 23.9 Å². The highest BCUT2D eigenvalue weighted by Crippen LogP contribution is 2.36. The molecule has 176 valence electrons. The number of unbranched alkanes of at least 4 members (excludes halogenated alkanes) is 3. The summed E-state index contributed by atoms with van der Waals surface area (Å²) < 4.78 is 20.4. The van der Waals surface area contributed by atoms with Crippen LogP contribution in [0.3, 0.4) is 0 Å². The van der Waals surface area contributed by atoms with Crippen molar-refractivity contribution in [1.29, 1.82) is 0 Å².